The molecule has 0 aliphatic heterocycles. The number of carbonyl (C=O) groups is 1. The van der Waals surface area contributed by atoms with E-state index in [1.807, 2.05) is 43.7 Å². The number of rotatable bonds is 9. The standard InChI is InChI=1S/C32H40ClN5O3Si/c1-31(2,3)41-30(39)35-20-32(18-23-9-7-8-10-24(23)19-32)26-17-22(11-13-34-26)27-25-12-14-38(28(25)37-29(33)36-27)21-40-15-16-42(4,5)6/h7-14,17H,15-16,18-21H2,1-6H3,(H,35,39). The molecule has 3 heterocycles. The zero-order valence-corrected chi connectivity index (χ0v) is 27.1. The summed E-state index contributed by atoms with van der Waals surface area (Å²) < 4.78 is 13.5. The number of hydrogen-bond donors (Lipinski definition) is 1. The Kier molecular flexibility index (Phi) is 8.47. The maximum atomic E-state index is 12.7. The number of nitrogens with zero attached hydrogens (tertiary/aromatic N) is 4. The molecule has 0 saturated heterocycles. The molecule has 0 bridgehead atoms. The summed E-state index contributed by atoms with van der Waals surface area (Å²) in [5.74, 6) is 0. The number of pyridine rings is 1. The molecule has 1 aliphatic rings. The first-order chi connectivity index (χ1) is 19.8. The topological polar surface area (TPSA) is 91.2 Å². The Morgan fingerprint density at radius 1 is 1.10 bits per heavy atom. The molecule has 1 aliphatic carbocycles. The summed E-state index contributed by atoms with van der Waals surface area (Å²) in [6.45, 7) is 14.1. The molecule has 42 heavy (non-hydrogen) atoms. The van der Waals surface area contributed by atoms with Gasteiger partial charge in [-0.15, -0.1) is 0 Å². The van der Waals surface area contributed by atoms with Crippen molar-refractivity contribution in [3.8, 4) is 11.3 Å². The van der Waals surface area contributed by atoms with Crippen LogP contribution in [0.25, 0.3) is 22.3 Å². The maximum Gasteiger partial charge on any atom is 0.407 e. The summed E-state index contributed by atoms with van der Waals surface area (Å²) in [4.78, 5) is 26.7. The summed E-state index contributed by atoms with van der Waals surface area (Å²) in [7, 11) is -1.18. The molecule has 1 amide bonds. The number of halogens is 1. The van der Waals surface area contributed by atoms with Crippen LogP contribution in [0.4, 0.5) is 4.79 Å². The van der Waals surface area contributed by atoms with Crippen molar-refractivity contribution in [2.75, 3.05) is 13.2 Å². The van der Waals surface area contributed by atoms with Crippen molar-refractivity contribution in [3.63, 3.8) is 0 Å². The van der Waals surface area contributed by atoms with Gasteiger partial charge in [0, 0.05) is 55.7 Å². The summed E-state index contributed by atoms with van der Waals surface area (Å²) >= 11 is 6.47. The van der Waals surface area contributed by atoms with Crippen molar-refractivity contribution in [1.82, 2.24) is 24.8 Å². The second kappa shape index (κ2) is 11.8. The third-order valence-corrected chi connectivity index (χ3v) is 9.41. The van der Waals surface area contributed by atoms with Crippen LogP contribution in [0.5, 0.6) is 0 Å². The van der Waals surface area contributed by atoms with Crippen LogP contribution >= 0.6 is 11.6 Å². The van der Waals surface area contributed by atoms with Gasteiger partial charge in [0.25, 0.3) is 0 Å². The van der Waals surface area contributed by atoms with Crippen LogP contribution in [0.3, 0.4) is 0 Å². The molecule has 1 aromatic carbocycles. The smallest absolute Gasteiger partial charge is 0.407 e. The fraction of sp³-hybridized carbons (Fsp3) is 0.438. The number of nitrogens with one attached hydrogen (secondary N) is 1. The summed E-state index contributed by atoms with van der Waals surface area (Å²) in [6, 6.07) is 15.5. The minimum Gasteiger partial charge on any atom is -0.444 e. The molecule has 0 atom stereocenters. The van der Waals surface area contributed by atoms with E-state index in [1.54, 1.807) is 6.20 Å². The fourth-order valence-corrected chi connectivity index (χ4v) is 6.34. The van der Waals surface area contributed by atoms with E-state index in [4.69, 9.17) is 26.1 Å². The van der Waals surface area contributed by atoms with Gasteiger partial charge in [-0.3, -0.25) is 4.98 Å². The summed E-state index contributed by atoms with van der Waals surface area (Å²) in [6.07, 6.45) is 4.84. The third-order valence-electron chi connectivity index (χ3n) is 7.54. The average molecular weight is 606 g/mol. The van der Waals surface area contributed by atoms with Gasteiger partial charge >= 0.3 is 6.09 Å². The van der Waals surface area contributed by atoms with Crippen LogP contribution in [0.15, 0.2) is 54.9 Å². The lowest BCUT2D eigenvalue weighted by Crippen LogP contribution is -2.44. The van der Waals surface area contributed by atoms with Gasteiger partial charge in [0.15, 0.2) is 0 Å². The Morgan fingerprint density at radius 2 is 1.81 bits per heavy atom. The van der Waals surface area contributed by atoms with E-state index in [9.17, 15) is 4.79 Å². The first kappa shape index (κ1) is 30.2. The first-order valence-corrected chi connectivity index (χ1v) is 18.5. The summed E-state index contributed by atoms with van der Waals surface area (Å²) in [5, 5.41) is 4.09. The van der Waals surface area contributed by atoms with E-state index in [2.05, 4.69) is 65.3 Å². The summed E-state index contributed by atoms with van der Waals surface area (Å²) in [5.41, 5.74) is 4.72. The van der Waals surface area contributed by atoms with E-state index in [0.717, 1.165) is 53.5 Å². The molecule has 4 aromatic rings. The molecule has 8 nitrogen and oxygen atoms in total. The van der Waals surface area contributed by atoms with Gasteiger partial charge in [0.1, 0.15) is 18.0 Å². The lowest BCUT2D eigenvalue weighted by molar-refractivity contribution is 0.0514. The van der Waals surface area contributed by atoms with Gasteiger partial charge in [0.05, 0.1) is 5.69 Å². The highest BCUT2D eigenvalue weighted by atomic mass is 35.5. The van der Waals surface area contributed by atoms with Gasteiger partial charge < -0.3 is 19.4 Å². The Balaban J connectivity index is 1.46. The van der Waals surface area contributed by atoms with Crippen molar-refractivity contribution in [1.29, 1.82) is 0 Å². The number of aromatic nitrogens is 4. The molecular weight excluding hydrogens is 566 g/mol. The van der Waals surface area contributed by atoms with E-state index in [0.29, 0.717) is 13.3 Å². The fourth-order valence-electron chi connectivity index (χ4n) is 5.42. The van der Waals surface area contributed by atoms with Gasteiger partial charge in [-0.2, -0.15) is 4.98 Å². The molecule has 0 radical (unpaired) electrons. The first-order valence-electron chi connectivity index (χ1n) is 14.4. The molecule has 1 N–H and O–H groups in total. The molecular formula is C32H40ClN5O3Si. The van der Waals surface area contributed by atoms with E-state index in [-0.39, 0.29) is 5.28 Å². The number of carbonyl (C=O) groups excluding carboxylic acids is 1. The Labute approximate surface area is 253 Å². The molecule has 222 valence electrons. The largest absolute Gasteiger partial charge is 0.444 e. The molecule has 0 spiro atoms. The lowest BCUT2D eigenvalue weighted by atomic mass is 9.80. The normalized spacial score (nSPS) is 14.6. The molecule has 10 heteroatoms. The number of amides is 1. The molecule has 0 fully saturated rings. The zero-order chi connectivity index (χ0) is 30.1. The van der Waals surface area contributed by atoms with E-state index in [1.165, 1.54) is 11.1 Å². The molecule has 0 unspecified atom stereocenters. The highest BCUT2D eigenvalue weighted by Gasteiger charge is 2.41. The molecule has 3 aromatic heterocycles. The number of hydrogen-bond acceptors (Lipinski definition) is 6. The lowest BCUT2D eigenvalue weighted by Gasteiger charge is -2.30. The van der Waals surface area contributed by atoms with Crippen LogP contribution < -0.4 is 5.32 Å². The number of alkyl carbamates (subject to hydrolysis) is 1. The van der Waals surface area contributed by atoms with E-state index < -0.39 is 25.2 Å². The van der Waals surface area contributed by atoms with Crippen LogP contribution in [0.1, 0.15) is 37.6 Å². The van der Waals surface area contributed by atoms with E-state index >= 15 is 0 Å². The number of ether oxygens (including phenoxy) is 2. The zero-order valence-electron chi connectivity index (χ0n) is 25.3. The van der Waals surface area contributed by atoms with Crippen LogP contribution in [0.2, 0.25) is 31.0 Å². The highest BCUT2D eigenvalue weighted by Crippen LogP contribution is 2.40. The van der Waals surface area contributed by atoms with Gasteiger partial charge in [-0.25, -0.2) is 9.78 Å². The second-order valence-corrected chi connectivity index (χ2v) is 19.4. The predicted octanol–water partition coefficient (Wildman–Crippen LogP) is 7.02. The number of fused-ring (bicyclic) bond motifs is 2. The van der Waals surface area contributed by atoms with Crippen molar-refractivity contribution < 1.29 is 14.3 Å². The van der Waals surface area contributed by atoms with Crippen molar-refractivity contribution >= 4 is 36.8 Å². The minimum absolute atomic E-state index is 0.174. The predicted molar refractivity (Wildman–Crippen MR) is 170 cm³/mol. The second-order valence-electron chi connectivity index (χ2n) is 13.4. The maximum absolute atomic E-state index is 12.7. The molecule has 0 saturated carbocycles. The minimum atomic E-state index is -1.18. The Bertz CT molecular complexity index is 1570. The highest BCUT2D eigenvalue weighted by molar-refractivity contribution is 6.76. The van der Waals surface area contributed by atoms with Crippen molar-refractivity contribution in [2.45, 2.75) is 77.0 Å². The third kappa shape index (κ3) is 7.02. The molecule has 5 rings (SSSR count). The van der Waals surface area contributed by atoms with Gasteiger partial charge in [-0.05, 0) is 80.6 Å². The van der Waals surface area contributed by atoms with Gasteiger partial charge in [-0.1, -0.05) is 43.9 Å². The SMILES string of the molecule is CC(C)(C)OC(=O)NCC1(c2cc(-c3nc(Cl)nc4c3ccn4COCC[Si](C)(C)C)ccn2)Cc2ccccc2C1. The van der Waals surface area contributed by atoms with Gasteiger partial charge in [0.2, 0.25) is 5.28 Å². The van der Waals surface area contributed by atoms with Crippen LogP contribution in [0, 0.1) is 0 Å². The number of benzene rings is 1. The van der Waals surface area contributed by atoms with Crippen LogP contribution in [-0.2, 0) is 34.5 Å². The quantitative estimate of drug-likeness (QED) is 0.125. The van der Waals surface area contributed by atoms with Crippen molar-refractivity contribution in [3.05, 3.63) is 77.0 Å². The Hall–Kier alpha value is -3.27. The Morgan fingerprint density at radius 3 is 2.48 bits per heavy atom. The van der Waals surface area contributed by atoms with Crippen molar-refractivity contribution in [2.24, 2.45) is 0 Å². The van der Waals surface area contributed by atoms with Crippen LogP contribution in [-0.4, -0.2) is 52.4 Å². The average Bonchev–Trinajstić information content (AvgIpc) is 3.50. The monoisotopic (exact) mass is 605 g/mol.